The summed E-state index contributed by atoms with van der Waals surface area (Å²) >= 11 is 0. The first kappa shape index (κ1) is 23.1. The highest BCUT2D eigenvalue weighted by Crippen LogP contribution is 2.31. The van der Waals surface area contributed by atoms with Crippen molar-refractivity contribution in [3.8, 4) is 11.4 Å². The molecule has 0 unspecified atom stereocenters. The molecule has 1 amide bonds. The zero-order valence-electron chi connectivity index (χ0n) is 20.1. The van der Waals surface area contributed by atoms with E-state index in [0.29, 0.717) is 6.54 Å². The first-order valence-corrected chi connectivity index (χ1v) is 11.8. The quantitative estimate of drug-likeness (QED) is 0.554. The zero-order chi connectivity index (χ0) is 23.4. The number of carbonyl (C=O) groups is 1. The lowest BCUT2D eigenvalue weighted by Gasteiger charge is -2.29. The topological polar surface area (TPSA) is 59.4 Å². The summed E-state index contributed by atoms with van der Waals surface area (Å²) in [6.45, 7) is 7.30. The van der Waals surface area contributed by atoms with Crippen molar-refractivity contribution >= 4 is 11.6 Å². The largest absolute Gasteiger partial charge is 0.497 e. The molecule has 1 aromatic heterocycles. The Bertz CT molecular complexity index is 1090. The predicted octanol–water partition coefficient (Wildman–Crippen LogP) is 5.36. The first-order valence-electron chi connectivity index (χ1n) is 11.8. The SMILES string of the molecule is COc1ccc([C@@H]2CCCCCN2CC(=O)Nc2c(C)nn(-c3ccc(C)cc3)c2C)cc1. The maximum absolute atomic E-state index is 13.2. The third-order valence-corrected chi connectivity index (χ3v) is 6.55. The highest BCUT2D eigenvalue weighted by atomic mass is 16.5. The van der Waals surface area contributed by atoms with Gasteiger partial charge in [0.15, 0.2) is 0 Å². The van der Waals surface area contributed by atoms with Gasteiger partial charge in [0, 0.05) is 6.04 Å². The fourth-order valence-corrected chi connectivity index (χ4v) is 4.68. The Morgan fingerprint density at radius 1 is 1.03 bits per heavy atom. The number of nitrogens with one attached hydrogen (secondary N) is 1. The summed E-state index contributed by atoms with van der Waals surface area (Å²) < 4.78 is 7.21. The summed E-state index contributed by atoms with van der Waals surface area (Å²) in [4.78, 5) is 15.5. The molecular weight excluding hydrogens is 412 g/mol. The van der Waals surface area contributed by atoms with E-state index >= 15 is 0 Å². The molecule has 0 radical (unpaired) electrons. The van der Waals surface area contributed by atoms with Crippen LogP contribution in [0.5, 0.6) is 5.75 Å². The summed E-state index contributed by atoms with van der Waals surface area (Å²) in [6, 6.07) is 16.7. The van der Waals surface area contributed by atoms with E-state index in [-0.39, 0.29) is 11.9 Å². The Morgan fingerprint density at radius 2 is 1.76 bits per heavy atom. The van der Waals surface area contributed by atoms with Gasteiger partial charge >= 0.3 is 0 Å². The molecule has 1 N–H and O–H groups in total. The Kier molecular flexibility index (Phi) is 7.14. The lowest BCUT2D eigenvalue weighted by Crippen LogP contribution is -2.36. The molecule has 2 heterocycles. The number of rotatable bonds is 6. The maximum atomic E-state index is 13.2. The number of carbonyl (C=O) groups excluding carboxylic acids is 1. The zero-order valence-corrected chi connectivity index (χ0v) is 20.1. The number of amides is 1. The number of ether oxygens (including phenoxy) is 1. The number of anilines is 1. The molecule has 174 valence electrons. The molecule has 1 saturated heterocycles. The van der Waals surface area contributed by atoms with Gasteiger partial charge in [-0.1, -0.05) is 42.7 Å². The molecule has 0 bridgehead atoms. The average Bonchev–Trinajstić information content (AvgIpc) is 2.97. The van der Waals surface area contributed by atoms with Crippen LogP contribution in [-0.4, -0.2) is 40.8 Å². The van der Waals surface area contributed by atoms with Crippen LogP contribution in [-0.2, 0) is 4.79 Å². The van der Waals surface area contributed by atoms with Crippen LogP contribution in [0.2, 0.25) is 0 Å². The molecule has 1 fully saturated rings. The number of aryl methyl sites for hydroxylation is 2. The van der Waals surface area contributed by atoms with Gasteiger partial charge < -0.3 is 10.1 Å². The molecule has 4 rings (SSSR count). The molecule has 33 heavy (non-hydrogen) atoms. The highest BCUT2D eigenvalue weighted by Gasteiger charge is 2.25. The lowest BCUT2D eigenvalue weighted by molar-refractivity contribution is -0.117. The minimum Gasteiger partial charge on any atom is -0.497 e. The molecule has 1 aliphatic rings. The van der Waals surface area contributed by atoms with E-state index in [4.69, 9.17) is 4.74 Å². The van der Waals surface area contributed by atoms with E-state index < -0.39 is 0 Å². The average molecular weight is 447 g/mol. The van der Waals surface area contributed by atoms with Crippen LogP contribution in [0.25, 0.3) is 5.69 Å². The van der Waals surface area contributed by atoms with Gasteiger partial charge in [0.1, 0.15) is 5.75 Å². The molecular formula is C27H34N4O2. The van der Waals surface area contributed by atoms with Crippen molar-refractivity contribution in [1.82, 2.24) is 14.7 Å². The number of nitrogens with zero attached hydrogens (tertiary/aromatic N) is 3. The number of likely N-dealkylation sites (tertiary alicyclic amines) is 1. The van der Waals surface area contributed by atoms with Gasteiger partial charge in [-0.05, 0) is 70.0 Å². The monoisotopic (exact) mass is 446 g/mol. The number of hydrogen-bond donors (Lipinski definition) is 1. The van der Waals surface area contributed by atoms with E-state index in [1.165, 1.54) is 24.0 Å². The van der Waals surface area contributed by atoms with Gasteiger partial charge in [-0.3, -0.25) is 9.69 Å². The number of benzene rings is 2. The molecule has 0 spiro atoms. The van der Waals surface area contributed by atoms with Crippen molar-refractivity contribution < 1.29 is 9.53 Å². The molecule has 3 aromatic rings. The lowest BCUT2D eigenvalue weighted by atomic mass is 10.0. The van der Waals surface area contributed by atoms with Crippen molar-refractivity contribution in [2.24, 2.45) is 0 Å². The molecule has 0 saturated carbocycles. The van der Waals surface area contributed by atoms with Gasteiger partial charge in [0.25, 0.3) is 0 Å². The van der Waals surface area contributed by atoms with E-state index in [2.05, 4.69) is 58.6 Å². The summed E-state index contributed by atoms with van der Waals surface area (Å²) in [7, 11) is 1.68. The Labute approximate surface area is 196 Å². The van der Waals surface area contributed by atoms with Crippen molar-refractivity contribution in [2.75, 3.05) is 25.5 Å². The van der Waals surface area contributed by atoms with Crippen LogP contribution < -0.4 is 10.1 Å². The van der Waals surface area contributed by atoms with Crippen LogP contribution in [0.15, 0.2) is 48.5 Å². The van der Waals surface area contributed by atoms with Gasteiger partial charge in [0.2, 0.25) is 5.91 Å². The molecule has 2 aromatic carbocycles. The number of methoxy groups -OCH3 is 1. The second kappa shape index (κ2) is 10.2. The molecule has 6 nitrogen and oxygen atoms in total. The normalized spacial score (nSPS) is 16.9. The fraction of sp³-hybridized carbons (Fsp3) is 0.407. The van der Waals surface area contributed by atoms with Crippen molar-refractivity contribution in [3.63, 3.8) is 0 Å². The number of aromatic nitrogens is 2. The minimum atomic E-state index is 0.00469. The van der Waals surface area contributed by atoms with Crippen LogP contribution in [0, 0.1) is 20.8 Å². The molecule has 0 aliphatic carbocycles. The third-order valence-electron chi connectivity index (χ3n) is 6.55. The second-order valence-corrected chi connectivity index (χ2v) is 8.95. The van der Waals surface area contributed by atoms with E-state index in [1.807, 2.05) is 30.7 Å². The predicted molar refractivity (Wildman–Crippen MR) is 132 cm³/mol. The van der Waals surface area contributed by atoms with Crippen LogP contribution in [0.3, 0.4) is 0 Å². The summed E-state index contributed by atoms with van der Waals surface area (Å²) in [6.07, 6.45) is 4.55. The standard InChI is InChI=1S/C27H34N4O2/c1-19-9-13-23(14-10-19)31-21(3)27(20(2)29-31)28-26(32)18-30-17-7-5-6-8-25(30)22-11-15-24(33-4)16-12-22/h9-16,25H,5-8,17-18H2,1-4H3,(H,28,32)/t25-/m0/s1. The van der Waals surface area contributed by atoms with Gasteiger partial charge in [-0.2, -0.15) is 5.10 Å². The van der Waals surface area contributed by atoms with E-state index in [1.54, 1.807) is 7.11 Å². The summed E-state index contributed by atoms with van der Waals surface area (Å²) in [5.41, 5.74) is 6.00. The van der Waals surface area contributed by atoms with Crippen LogP contribution in [0.4, 0.5) is 5.69 Å². The van der Waals surface area contributed by atoms with Gasteiger partial charge in [-0.25, -0.2) is 4.68 Å². The molecule has 1 aliphatic heterocycles. The van der Waals surface area contributed by atoms with Crippen LogP contribution in [0.1, 0.15) is 54.2 Å². The van der Waals surface area contributed by atoms with Crippen molar-refractivity contribution in [1.29, 1.82) is 0 Å². The second-order valence-electron chi connectivity index (χ2n) is 8.95. The highest BCUT2D eigenvalue weighted by molar-refractivity contribution is 5.93. The smallest absolute Gasteiger partial charge is 0.238 e. The first-order chi connectivity index (χ1) is 16.0. The maximum Gasteiger partial charge on any atom is 0.238 e. The molecule has 1 atom stereocenters. The fourth-order valence-electron chi connectivity index (χ4n) is 4.68. The summed E-state index contributed by atoms with van der Waals surface area (Å²) in [5.74, 6) is 0.860. The van der Waals surface area contributed by atoms with E-state index in [0.717, 1.165) is 47.9 Å². The van der Waals surface area contributed by atoms with Gasteiger partial charge in [0.05, 0.1) is 36.4 Å². The Hall–Kier alpha value is -3.12. The molecule has 6 heteroatoms. The Balaban J connectivity index is 1.50. The van der Waals surface area contributed by atoms with Gasteiger partial charge in [-0.15, -0.1) is 0 Å². The van der Waals surface area contributed by atoms with Crippen LogP contribution >= 0.6 is 0 Å². The van der Waals surface area contributed by atoms with Crippen molar-refractivity contribution in [3.05, 3.63) is 71.0 Å². The Morgan fingerprint density at radius 3 is 2.45 bits per heavy atom. The third kappa shape index (κ3) is 5.28. The van der Waals surface area contributed by atoms with Crippen molar-refractivity contribution in [2.45, 2.75) is 52.5 Å². The van der Waals surface area contributed by atoms with E-state index in [9.17, 15) is 4.79 Å². The summed E-state index contributed by atoms with van der Waals surface area (Å²) in [5, 5.41) is 7.83. The number of hydrogen-bond acceptors (Lipinski definition) is 4. The minimum absolute atomic E-state index is 0.00469.